The molecule has 1 aromatic rings. The molecule has 100 valence electrons. The topological polar surface area (TPSA) is 29.3 Å². The Kier molecular flexibility index (Phi) is 5.21. The summed E-state index contributed by atoms with van der Waals surface area (Å²) in [6.07, 6.45) is 7.60. The van der Waals surface area contributed by atoms with Gasteiger partial charge in [0, 0.05) is 18.6 Å². The molecule has 2 heteroatoms. The summed E-state index contributed by atoms with van der Waals surface area (Å²) in [5.41, 5.74) is 7.73. The van der Waals surface area contributed by atoms with Crippen LogP contribution in [0.25, 0.3) is 0 Å². The first-order valence-electron chi connectivity index (χ1n) is 7.27. The molecule has 0 spiro atoms. The van der Waals surface area contributed by atoms with Gasteiger partial charge >= 0.3 is 0 Å². The van der Waals surface area contributed by atoms with Crippen LogP contribution in [0.15, 0.2) is 30.3 Å². The minimum absolute atomic E-state index is 0.369. The zero-order valence-corrected chi connectivity index (χ0v) is 11.5. The van der Waals surface area contributed by atoms with Crippen molar-refractivity contribution in [2.45, 2.75) is 50.6 Å². The van der Waals surface area contributed by atoms with Crippen LogP contribution in [0.4, 0.5) is 0 Å². The molecule has 18 heavy (non-hydrogen) atoms. The van der Waals surface area contributed by atoms with Gasteiger partial charge in [0.2, 0.25) is 0 Å². The number of nitrogens with two attached hydrogens (primary N) is 1. The minimum atomic E-state index is 0.369. The maximum absolute atomic E-state index is 6.31. The quantitative estimate of drug-likeness (QED) is 0.828. The molecule has 2 nitrogen and oxygen atoms in total. The Labute approximate surface area is 111 Å². The van der Waals surface area contributed by atoms with Crippen molar-refractivity contribution in [2.75, 3.05) is 13.6 Å². The first kappa shape index (κ1) is 13.6. The van der Waals surface area contributed by atoms with Crippen molar-refractivity contribution >= 4 is 0 Å². The molecular weight excluding hydrogens is 220 g/mol. The molecule has 0 radical (unpaired) electrons. The summed E-state index contributed by atoms with van der Waals surface area (Å²) in [5, 5.41) is 0. The van der Waals surface area contributed by atoms with E-state index in [9.17, 15) is 0 Å². The van der Waals surface area contributed by atoms with Gasteiger partial charge in [-0.05, 0) is 31.9 Å². The van der Waals surface area contributed by atoms with E-state index in [1.165, 1.54) is 37.7 Å². The summed E-state index contributed by atoms with van der Waals surface area (Å²) in [6, 6.07) is 11.7. The van der Waals surface area contributed by atoms with Gasteiger partial charge in [0.1, 0.15) is 0 Å². The molecule has 0 saturated heterocycles. The van der Waals surface area contributed by atoms with Gasteiger partial charge in [-0.25, -0.2) is 0 Å². The third-order valence-electron chi connectivity index (χ3n) is 4.19. The molecule has 1 aliphatic carbocycles. The fourth-order valence-electron chi connectivity index (χ4n) is 2.98. The summed E-state index contributed by atoms with van der Waals surface area (Å²) in [4.78, 5) is 2.48. The lowest BCUT2D eigenvalue weighted by molar-refractivity contribution is 0.203. The highest BCUT2D eigenvalue weighted by Crippen LogP contribution is 2.20. The van der Waals surface area contributed by atoms with Gasteiger partial charge < -0.3 is 10.6 Å². The van der Waals surface area contributed by atoms with Crippen molar-refractivity contribution in [3.05, 3.63) is 35.9 Å². The van der Waals surface area contributed by atoms with E-state index in [0.29, 0.717) is 12.1 Å². The van der Waals surface area contributed by atoms with Crippen LogP contribution in [-0.4, -0.2) is 30.6 Å². The van der Waals surface area contributed by atoms with Crippen LogP contribution in [0.5, 0.6) is 0 Å². The fraction of sp³-hybridized carbons (Fsp3) is 0.625. The third kappa shape index (κ3) is 3.82. The molecule has 0 heterocycles. The van der Waals surface area contributed by atoms with Gasteiger partial charge in [0.15, 0.2) is 0 Å². The molecule has 1 aromatic carbocycles. The van der Waals surface area contributed by atoms with E-state index in [0.717, 1.165) is 13.0 Å². The standard InChI is InChI=1S/C16H26N2/c1-18(13-12-14-8-4-2-5-9-14)16-11-7-3-6-10-15(16)17/h2,4-5,8-9,15-16H,3,6-7,10-13,17H2,1H3. The Bertz CT molecular complexity index is 336. The van der Waals surface area contributed by atoms with E-state index >= 15 is 0 Å². The normalized spacial score (nSPS) is 25.1. The Morgan fingerprint density at radius 3 is 2.61 bits per heavy atom. The van der Waals surface area contributed by atoms with Crippen molar-refractivity contribution in [3.8, 4) is 0 Å². The average Bonchev–Trinajstić information content (AvgIpc) is 2.62. The zero-order chi connectivity index (χ0) is 12.8. The van der Waals surface area contributed by atoms with Gasteiger partial charge in [0.05, 0.1) is 0 Å². The van der Waals surface area contributed by atoms with Gasteiger partial charge in [-0.3, -0.25) is 0 Å². The number of hydrogen-bond acceptors (Lipinski definition) is 2. The maximum atomic E-state index is 6.31. The van der Waals surface area contributed by atoms with Crippen LogP contribution >= 0.6 is 0 Å². The molecule has 0 amide bonds. The highest BCUT2D eigenvalue weighted by atomic mass is 15.1. The number of rotatable bonds is 4. The van der Waals surface area contributed by atoms with E-state index in [1.807, 2.05) is 0 Å². The molecule has 1 aliphatic rings. The van der Waals surface area contributed by atoms with Crippen LogP contribution in [0.1, 0.15) is 37.7 Å². The van der Waals surface area contributed by atoms with Gasteiger partial charge in [-0.15, -0.1) is 0 Å². The molecule has 0 aliphatic heterocycles. The van der Waals surface area contributed by atoms with Crippen molar-refractivity contribution in [1.82, 2.24) is 4.90 Å². The number of likely N-dealkylation sites (N-methyl/N-ethyl adjacent to an activating group) is 1. The van der Waals surface area contributed by atoms with Crippen molar-refractivity contribution in [3.63, 3.8) is 0 Å². The lowest BCUT2D eigenvalue weighted by Crippen LogP contribution is -2.46. The van der Waals surface area contributed by atoms with Gasteiger partial charge in [-0.2, -0.15) is 0 Å². The Balaban J connectivity index is 1.84. The summed E-state index contributed by atoms with van der Waals surface area (Å²) in [6.45, 7) is 1.11. The SMILES string of the molecule is CN(CCc1ccccc1)C1CCCCCC1N. The Hall–Kier alpha value is -0.860. The monoisotopic (exact) mass is 246 g/mol. The minimum Gasteiger partial charge on any atom is -0.326 e. The molecule has 0 bridgehead atoms. The summed E-state index contributed by atoms with van der Waals surface area (Å²) in [7, 11) is 2.23. The summed E-state index contributed by atoms with van der Waals surface area (Å²) < 4.78 is 0. The molecule has 1 saturated carbocycles. The second-order valence-electron chi connectivity index (χ2n) is 5.59. The van der Waals surface area contributed by atoms with E-state index in [1.54, 1.807) is 0 Å². The molecule has 1 fully saturated rings. The second-order valence-corrected chi connectivity index (χ2v) is 5.59. The van der Waals surface area contributed by atoms with Crippen molar-refractivity contribution < 1.29 is 0 Å². The first-order valence-corrected chi connectivity index (χ1v) is 7.27. The van der Waals surface area contributed by atoms with E-state index < -0.39 is 0 Å². The summed E-state index contributed by atoms with van der Waals surface area (Å²) in [5.74, 6) is 0. The second kappa shape index (κ2) is 6.91. The number of hydrogen-bond donors (Lipinski definition) is 1. The molecular formula is C16H26N2. The number of nitrogens with zero attached hydrogens (tertiary/aromatic N) is 1. The predicted molar refractivity (Wildman–Crippen MR) is 77.6 cm³/mol. The van der Waals surface area contributed by atoms with Crippen molar-refractivity contribution in [1.29, 1.82) is 0 Å². The van der Waals surface area contributed by atoms with Crippen LogP contribution in [0, 0.1) is 0 Å². The highest BCUT2D eigenvalue weighted by molar-refractivity contribution is 5.14. The number of benzene rings is 1. The predicted octanol–water partition coefficient (Wildman–Crippen LogP) is 2.82. The molecule has 2 atom stereocenters. The smallest absolute Gasteiger partial charge is 0.0244 e. The van der Waals surface area contributed by atoms with E-state index in [-0.39, 0.29) is 0 Å². The van der Waals surface area contributed by atoms with Crippen molar-refractivity contribution in [2.24, 2.45) is 5.73 Å². The molecule has 0 aromatic heterocycles. The van der Waals surface area contributed by atoms with E-state index in [4.69, 9.17) is 5.73 Å². The molecule has 2 N–H and O–H groups in total. The average molecular weight is 246 g/mol. The Morgan fingerprint density at radius 1 is 1.11 bits per heavy atom. The van der Waals surface area contributed by atoms with Crippen LogP contribution < -0.4 is 5.73 Å². The fourth-order valence-corrected chi connectivity index (χ4v) is 2.98. The lowest BCUT2D eigenvalue weighted by atomic mass is 10.0. The van der Waals surface area contributed by atoms with Crippen LogP contribution in [0.3, 0.4) is 0 Å². The third-order valence-corrected chi connectivity index (χ3v) is 4.19. The van der Waals surface area contributed by atoms with E-state index in [2.05, 4.69) is 42.3 Å². The van der Waals surface area contributed by atoms with Gasteiger partial charge in [-0.1, -0.05) is 49.6 Å². The largest absolute Gasteiger partial charge is 0.326 e. The first-order chi connectivity index (χ1) is 8.77. The van der Waals surface area contributed by atoms with Crippen LogP contribution in [-0.2, 0) is 6.42 Å². The maximum Gasteiger partial charge on any atom is 0.0244 e. The molecule has 2 rings (SSSR count). The highest BCUT2D eigenvalue weighted by Gasteiger charge is 2.23. The molecule has 2 unspecified atom stereocenters. The van der Waals surface area contributed by atoms with Crippen LogP contribution in [0.2, 0.25) is 0 Å². The summed E-state index contributed by atoms with van der Waals surface area (Å²) >= 11 is 0. The Morgan fingerprint density at radius 2 is 1.83 bits per heavy atom. The zero-order valence-electron chi connectivity index (χ0n) is 11.5. The van der Waals surface area contributed by atoms with Gasteiger partial charge in [0.25, 0.3) is 0 Å². The lowest BCUT2D eigenvalue weighted by Gasteiger charge is -2.31.